The van der Waals surface area contributed by atoms with Gasteiger partial charge in [0.25, 0.3) is 5.69 Å². The fourth-order valence-corrected chi connectivity index (χ4v) is 5.58. The first-order valence-corrected chi connectivity index (χ1v) is 16.2. The monoisotopic (exact) mass is 789 g/mol. The zero-order valence-electron chi connectivity index (χ0n) is 27.2. The van der Waals surface area contributed by atoms with Crippen LogP contribution in [0.25, 0.3) is 0 Å². The van der Waals surface area contributed by atoms with Crippen molar-refractivity contribution in [3.8, 4) is 23.0 Å². The Morgan fingerprint density at radius 2 is 1.84 bits per heavy atom. The molecule has 16 heteroatoms. The predicted octanol–water partition coefficient (Wildman–Crippen LogP) is 4.70. The number of hydrogen-bond acceptors (Lipinski definition) is 12. The Morgan fingerprint density at radius 3 is 2.55 bits per heavy atom. The van der Waals surface area contributed by atoms with Gasteiger partial charge in [0.1, 0.15) is 13.2 Å². The number of amides is 2. The number of nitro benzene ring substituents is 1. The minimum absolute atomic E-state index is 0.0210. The first kappa shape index (κ1) is 36.7. The fraction of sp³-hybridized carbons (Fsp3) is 0.303. The average molecular weight is 790 g/mol. The molecular formula is C33H36IN5O10. The number of nitro groups is 1. The highest BCUT2D eigenvalue weighted by atomic mass is 127. The molecule has 0 aliphatic carbocycles. The number of benzene rings is 3. The second-order valence-corrected chi connectivity index (χ2v) is 11.6. The standard InChI is InChI=1S/C33H36IN5O10/c1-5-46-26-15-22(30-29(32(41)45-4)19(3)36-33(42)37-30)10-11-25(26)48-18-28(40)38-35-16-21-13-24(34)31(27(14-21)47-6-2)49-17-20-8-7-9-23(12-20)39(43)44/h7-16,28,30,38,40H,5-6,17-18H2,1-4H3,(H2,36,37,42)/b35-16-/t28-,30-/m0/s1. The third kappa shape index (κ3) is 9.73. The number of ether oxygens (including phenoxy) is 5. The molecule has 0 spiro atoms. The van der Waals surface area contributed by atoms with Crippen molar-refractivity contribution >= 4 is 46.5 Å². The molecule has 0 fully saturated rings. The highest BCUT2D eigenvalue weighted by Gasteiger charge is 2.32. The summed E-state index contributed by atoms with van der Waals surface area (Å²) in [6, 6.07) is 13.5. The molecule has 1 aliphatic heterocycles. The lowest BCUT2D eigenvalue weighted by Crippen LogP contribution is -2.45. The number of allylic oxidation sites excluding steroid dienone is 1. The van der Waals surface area contributed by atoms with Gasteiger partial charge in [-0.25, -0.2) is 9.59 Å². The van der Waals surface area contributed by atoms with E-state index in [9.17, 15) is 24.8 Å². The van der Waals surface area contributed by atoms with E-state index in [-0.39, 0.29) is 24.5 Å². The van der Waals surface area contributed by atoms with Gasteiger partial charge in [-0.15, -0.1) is 0 Å². The number of aliphatic hydroxyl groups is 1. The minimum atomic E-state index is -1.20. The van der Waals surface area contributed by atoms with Crippen molar-refractivity contribution in [2.75, 3.05) is 26.9 Å². The van der Waals surface area contributed by atoms with Crippen molar-refractivity contribution < 1.29 is 43.3 Å². The van der Waals surface area contributed by atoms with Crippen molar-refractivity contribution in [2.45, 2.75) is 39.6 Å². The molecule has 1 aliphatic rings. The van der Waals surface area contributed by atoms with Crippen LogP contribution in [-0.2, 0) is 16.1 Å². The summed E-state index contributed by atoms with van der Waals surface area (Å²) < 4.78 is 29.0. The Balaban J connectivity index is 1.40. The first-order valence-electron chi connectivity index (χ1n) is 15.1. The van der Waals surface area contributed by atoms with E-state index in [1.165, 1.54) is 25.5 Å². The molecular weight excluding hydrogens is 753 g/mol. The van der Waals surface area contributed by atoms with Gasteiger partial charge in [-0.05, 0) is 84.3 Å². The molecule has 0 radical (unpaired) electrons. The van der Waals surface area contributed by atoms with Gasteiger partial charge in [0, 0.05) is 17.8 Å². The number of halogens is 1. The van der Waals surface area contributed by atoms with Crippen LogP contribution in [0.15, 0.2) is 71.0 Å². The number of carbonyl (C=O) groups is 2. The van der Waals surface area contributed by atoms with Gasteiger partial charge in [-0.1, -0.05) is 18.2 Å². The molecule has 2 amide bonds. The molecule has 260 valence electrons. The van der Waals surface area contributed by atoms with Gasteiger partial charge in [-0.2, -0.15) is 5.10 Å². The third-order valence-electron chi connectivity index (χ3n) is 6.95. The highest BCUT2D eigenvalue weighted by Crippen LogP contribution is 2.36. The number of rotatable bonds is 16. The highest BCUT2D eigenvalue weighted by molar-refractivity contribution is 14.1. The van der Waals surface area contributed by atoms with Crippen molar-refractivity contribution in [1.29, 1.82) is 0 Å². The van der Waals surface area contributed by atoms with Crippen LogP contribution in [0.2, 0.25) is 0 Å². The maximum Gasteiger partial charge on any atom is 0.337 e. The van der Waals surface area contributed by atoms with Gasteiger partial charge >= 0.3 is 12.0 Å². The van der Waals surface area contributed by atoms with E-state index in [2.05, 4.69) is 43.8 Å². The third-order valence-corrected chi connectivity index (χ3v) is 7.75. The van der Waals surface area contributed by atoms with Crippen LogP contribution in [0.5, 0.6) is 23.0 Å². The molecule has 2 atom stereocenters. The normalized spacial score (nSPS) is 14.8. The number of urea groups is 1. The molecule has 4 rings (SSSR count). The summed E-state index contributed by atoms with van der Waals surface area (Å²) in [6.07, 6.45) is 0.300. The summed E-state index contributed by atoms with van der Waals surface area (Å²) in [5, 5.41) is 31.1. The van der Waals surface area contributed by atoms with Gasteiger partial charge in [0.2, 0.25) is 0 Å². The number of esters is 1. The van der Waals surface area contributed by atoms with E-state index < -0.39 is 29.2 Å². The van der Waals surface area contributed by atoms with Crippen molar-refractivity contribution in [1.82, 2.24) is 16.1 Å². The second kappa shape index (κ2) is 17.3. The van der Waals surface area contributed by atoms with Crippen LogP contribution in [0.1, 0.15) is 43.5 Å². The molecule has 0 saturated heterocycles. The Morgan fingerprint density at radius 1 is 1.08 bits per heavy atom. The maximum atomic E-state index is 12.5. The van der Waals surface area contributed by atoms with Crippen LogP contribution in [0, 0.1) is 13.7 Å². The first-order chi connectivity index (χ1) is 23.5. The number of aliphatic hydroxyl groups excluding tert-OH is 1. The summed E-state index contributed by atoms with van der Waals surface area (Å²) in [5.41, 5.74) is 5.08. The van der Waals surface area contributed by atoms with Crippen molar-refractivity contribution in [3.63, 3.8) is 0 Å². The smallest absolute Gasteiger partial charge is 0.337 e. The topological polar surface area (TPSA) is 192 Å². The Labute approximate surface area is 295 Å². The number of hydrazone groups is 1. The number of nitrogens with zero attached hydrogens (tertiary/aromatic N) is 2. The van der Waals surface area contributed by atoms with Gasteiger partial charge in [0.05, 0.1) is 46.6 Å². The molecule has 0 saturated carbocycles. The maximum absolute atomic E-state index is 12.5. The lowest BCUT2D eigenvalue weighted by Gasteiger charge is -2.28. The second-order valence-electron chi connectivity index (χ2n) is 10.4. The van der Waals surface area contributed by atoms with E-state index in [4.69, 9.17) is 23.7 Å². The van der Waals surface area contributed by atoms with Gasteiger partial charge < -0.3 is 39.4 Å². The summed E-state index contributed by atoms with van der Waals surface area (Å²) in [4.78, 5) is 35.3. The Kier molecular flexibility index (Phi) is 13.0. The molecule has 3 aromatic carbocycles. The van der Waals surface area contributed by atoms with E-state index in [1.54, 1.807) is 50.2 Å². The zero-order chi connectivity index (χ0) is 35.5. The summed E-state index contributed by atoms with van der Waals surface area (Å²) in [5.74, 6) is 1.03. The molecule has 15 nitrogen and oxygen atoms in total. The van der Waals surface area contributed by atoms with Crippen LogP contribution in [0.4, 0.5) is 10.5 Å². The van der Waals surface area contributed by atoms with Crippen LogP contribution >= 0.6 is 22.6 Å². The molecule has 49 heavy (non-hydrogen) atoms. The molecule has 0 bridgehead atoms. The van der Waals surface area contributed by atoms with Crippen LogP contribution in [0.3, 0.4) is 0 Å². The Bertz CT molecular complexity index is 1750. The molecule has 1 heterocycles. The zero-order valence-corrected chi connectivity index (χ0v) is 29.3. The SMILES string of the molecule is CCOc1cc([C@@H]2NC(=O)NC(C)=C2C(=O)OC)ccc1OC[C@H](O)N/N=C\c1cc(I)c(OCc2cccc([N+](=O)[O-])c2)c(OCC)c1. The average Bonchev–Trinajstić information content (AvgIpc) is 3.07. The number of non-ortho nitro benzene ring substituents is 1. The van der Waals surface area contributed by atoms with Crippen molar-refractivity contribution in [2.24, 2.45) is 5.10 Å². The largest absolute Gasteiger partial charge is 0.490 e. The van der Waals surface area contributed by atoms with E-state index in [1.807, 2.05) is 13.0 Å². The van der Waals surface area contributed by atoms with Gasteiger partial charge in [-0.3, -0.25) is 15.5 Å². The van der Waals surface area contributed by atoms with Gasteiger partial charge in [0.15, 0.2) is 29.2 Å². The fourth-order valence-electron chi connectivity index (χ4n) is 4.80. The summed E-state index contributed by atoms with van der Waals surface area (Å²) >= 11 is 2.10. The number of nitrogens with one attached hydrogen (secondary N) is 3. The lowest BCUT2D eigenvalue weighted by atomic mass is 9.95. The minimum Gasteiger partial charge on any atom is -0.490 e. The predicted molar refractivity (Wildman–Crippen MR) is 187 cm³/mol. The van der Waals surface area contributed by atoms with Crippen LogP contribution < -0.4 is 35.0 Å². The number of methoxy groups -OCH3 is 1. The van der Waals surface area contributed by atoms with Crippen LogP contribution in [-0.4, -0.2) is 61.4 Å². The quantitative estimate of drug-likeness (QED) is 0.0393. The lowest BCUT2D eigenvalue weighted by molar-refractivity contribution is -0.384. The molecule has 4 N–H and O–H groups in total. The molecule has 0 aromatic heterocycles. The molecule has 0 unspecified atom stereocenters. The summed E-state index contributed by atoms with van der Waals surface area (Å²) in [7, 11) is 1.26. The Hall–Kier alpha value is -5.10. The number of carbonyl (C=O) groups excluding carboxylic acids is 2. The van der Waals surface area contributed by atoms with E-state index >= 15 is 0 Å². The number of hydrogen-bond donors (Lipinski definition) is 4. The van der Waals surface area contributed by atoms with Crippen molar-refractivity contribution in [3.05, 3.63) is 96.2 Å². The molecule has 3 aromatic rings. The van der Waals surface area contributed by atoms with E-state index in [0.717, 1.165) is 3.57 Å². The summed E-state index contributed by atoms with van der Waals surface area (Å²) in [6.45, 7) is 5.84. The van der Waals surface area contributed by atoms with E-state index in [0.29, 0.717) is 58.6 Å².